The molecule has 4 nitrogen and oxygen atoms in total. The van der Waals surface area contributed by atoms with Gasteiger partial charge < -0.3 is 4.74 Å². The maximum Gasteiger partial charge on any atom is 0.309 e. The Hall–Kier alpha value is -1.58. The van der Waals surface area contributed by atoms with Gasteiger partial charge in [0.15, 0.2) is 0 Å². The molecule has 0 fully saturated rings. The number of nitrogens with one attached hydrogen (secondary N) is 1. The number of allylic oxidation sites excluding steroid dienone is 2. The Bertz CT molecular complexity index is 455. The molecule has 18 heavy (non-hydrogen) atoms. The fourth-order valence-corrected chi connectivity index (χ4v) is 2.56. The standard InChI is InChI=1S/C14H20N2O2/c1-4-18-14(17)12-7-5-11(6-8-12)13-9(2)15-16-10(13)3/h5,12H,4,6-8H2,1-3H3,(H,15,16). The minimum absolute atomic E-state index is 0.0289. The third kappa shape index (κ3) is 2.47. The van der Waals surface area contributed by atoms with Crippen molar-refractivity contribution < 1.29 is 9.53 Å². The van der Waals surface area contributed by atoms with Crippen LogP contribution in [0.2, 0.25) is 0 Å². The lowest BCUT2D eigenvalue weighted by Gasteiger charge is -2.20. The number of esters is 1. The van der Waals surface area contributed by atoms with Crippen molar-refractivity contribution in [3.8, 4) is 0 Å². The molecule has 1 atom stereocenters. The van der Waals surface area contributed by atoms with Crippen molar-refractivity contribution in [1.29, 1.82) is 0 Å². The zero-order chi connectivity index (χ0) is 13.1. The van der Waals surface area contributed by atoms with Gasteiger partial charge in [-0.1, -0.05) is 6.08 Å². The number of carbonyl (C=O) groups is 1. The summed E-state index contributed by atoms with van der Waals surface area (Å²) in [6.07, 6.45) is 4.73. The van der Waals surface area contributed by atoms with Gasteiger partial charge in [-0.05, 0) is 45.6 Å². The van der Waals surface area contributed by atoms with Crippen molar-refractivity contribution in [2.45, 2.75) is 40.0 Å². The van der Waals surface area contributed by atoms with E-state index in [1.54, 1.807) is 0 Å². The Morgan fingerprint density at radius 3 is 2.83 bits per heavy atom. The van der Waals surface area contributed by atoms with Crippen LogP contribution in [0.5, 0.6) is 0 Å². The van der Waals surface area contributed by atoms with Crippen LogP contribution in [0.1, 0.15) is 43.1 Å². The molecule has 1 N–H and O–H groups in total. The third-order valence-electron chi connectivity index (χ3n) is 3.48. The zero-order valence-electron chi connectivity index (χ0n) is 11.2. The molecule has 0 aliphatic heterocycles. The predicted molar refractivity (Wildman–Crippen MR) is 70.0 cm³/mol. The molecule has 0 bridgehead atoms. The van der Waals surface area contributed by atoms with Crippen LogP contribution in [0.3, 0.4) is 0 Å². The highest BCUT2D eigenvalue weighted by molar-refractivity contribution is 5.76. The van der Waals surface area contributed by atoms with Crippen LogP contribution in [0.4, 0.5) is 0 Å². The Morgan fingerprint density at radius 1 is 1.56 bits per heavy atom. The highest BCUT2D eigenvalue weighted by atomic mass is 16.5. The van der Waals surface area contributed by atoms with E-state index in [0.717, 1.165) is 30.7 Å². The summed E-state index contributed by atoms with van der Waals surface area (Å²) in [5.41, 5.74) is 4.67. The maximum atomic E-state index is 11.7. The van der Waals surface area contributed by atoms with Crippen LogP contribution in [0, 0.1) is 19.8 Å². The monoisotopic (exact) mass is 248 g/mol. The quantitative estimate of drug-likeness (QED) is 0.837. The summed E-state index contributed by atoms with van der Waals surface area (Å²) in [5.74, 6) is -0.0327. The summed E-state index contributed by atoms with van der Waals surface area (Å²) >= 11 is 0. The van der Waals surface area contributed by atoms with Crippen LogP contribution in [0.25, 0.3) is 5.57 Å². The minimum Gasteiger partial charge on any atom is -0.466 e. The number of rotatable bonds is 3. The van der Waals surface area contributed by atoms with Crippen molar-refractivity contribution >= 4 is 11.5 Å². The van der Waals surface area contributed by atoms with E-state index in [-0.39, 0.29) is 11.9 Å². The van der Waals surface area contributed by atoms with E-state index in [9.17, 15) is 4.79 Å². The van der Waals surface area contributed by atoms with Gasteiger partial charge in [0, 0.05) is 11.3 Å². The summed E-state index contributed by atoms with van der Waals surface area (Å²) in [5, 5.41) is 7.22. The number of hydrogen-bond donors (Lipinski definition) is 1. The molecular weight excluding hydrogens is 228 g/mol. The van der Waals surface area contributed by atoms with Gasteiger partial charge in [0.25, 0.3) is 0 Å². The van der Waals surface area contributed by atoms with E-state index in [2.05, 4.69) is 16.3 Å². The Kier molecular flexibility index (Phi) is 3.84. The lowest BCUT2D eigenvalue weighted by Crippen LogP contribution is -2.19. The molecule has 98 valence electrons. The molecule has 2 rings (SSSR count). The molecule has 1 aliphatic carbocycles. The average molecular weight is 248 g/mol. The lowest BCUT2D eigenvalue weighted by molar-refractivity contribution is -0.148. The van der Waals surface area contributed by atoms with Gasteiger partial charge in [-0.2, -0.15) is 5.10 Å². The van der Waals surface area contributed by atoms with E-state index in [4.69, 9.17) is 4.74 Å². The Morgan fingerprint density at radius 2 is 2.33 bits per heavy atom. The fraction of sp³-hybridized carbons (Fsp3) is 0.571. The van der Waals surface area contributed by atoms with E-state index in [1.807, 2.05) is 20.8 Å². The van der Waals surface area contributed by atoms with Crippen LogP contribution in [-0.4, -0.2) is 22.8 Å². The smallest absolute Gasteiger partial charge is 0.309 e. The van der Waals surface area contributed by atoms with Crippen LogP contribution < -0.4 is 0 Å². The predicted octanol–water partition coefficient (Wildman–Crippen LogP) is 2.77. The molecular formula is C14H20N2O2. The molecule has 1 aromatic heterocycles. The molecule has 0 aromatic carbocycles. The van der Waals surface area contributed by atoms with Gasteiger partial charge in [-0.25, -0.2) is 0 Å². The number of aryl methyl sites for hydroxylation is 2. The molecule has 0 saturated carbocycles. The first-order valence-electron chi connectivity index (χ1n) is 6.51. The molecule has 0 radical (unpaired) electrons. The van der Waals surface area contributed by atoms with Gasteiger partial charge in [0.05, 0.1) is 18.2 Å². The molecule has 0 amide bonds. The zero-order valence-corrected chi connectivity index (χ0v) is 11.2. The van der Waals surface area contributed by atoms with Crippen molar-refractivity contribution in [1.82, 2.24) is 10.2 Å². The van der Waals surface area contributed by atoms with Crippen molar-refractivity contribution in [2.24, 2.45) is 5.92 Å². The third-order valence-corrected chi connectivity index (χ3v) is 3.48. The second-order valence-electron chi connectivity index (χ2n) is 4.76. The van der Waals surface area contributed by atoms with Crippen molar-refractivity contribution in [3.05, 3.63) is 23.0 Å². The molecule has 4 heteroatoms. The second-order valence-corrected chi connectivity index (χ2v) is 4.76. The summed E-state index contributed by atoms with van der Waals surface area (Å²) in [6, 6.07) is 0. The number of carbonyl (C=O) groups excluding carboxylic acids is 1. The number of ether oxygens (including phenoxy) is 1. The minimum atomic E-state index is -0.0616. The highest BCUT2D eigenvalue weighted by Crippen LogP contribution is 2.33. The van der Waals surface area contributed by atoms with Gasteiger partial charge >= 0.3 is 5.97 Å². The molecule has 1 unspecified atom stereocenters. The Balaban J connectivity index is 2.10. The first-order valence-corrected chi connectivity index (χ1v) is 6.51. The lowest BCUT2D eigenvalue weighted by atomic mass is 9.86. The van der Waals surface area contributed by atoms with Crippen LogP contribution in [0.15, 0.2) is 6.08 Å². The number of aromatic amines is 1. The van der Waals surface area contributed by atoms with E-state index < -0.39 is 0 Å². The summed E-state index contributed by atoms with van der Waals surface area (Å²) in [7, 11) is 0. The van der Waals surface area contributed by atoms with Crippen molar-refractivity contribution in [2.75, 3.05) is 6.61 Å². The first-order chi connectivity index (χ1) is 8.63. The van der Waals surface area contributed by atoms with E-state index >= 15 is 0 Å². The number of aromatic nitrogens is 2. The molecule has 0 spiro atoms. The van der Waals surface area contributed by atoms with Crippen LogP contribution >= 0.6 is 0 Å². The Labute approximate surface area is 107 Å². The molecule has 1 heterocycles. The molecule has 1 aromatic rings. The van der Waals surface area contributed by atoms with Crippen LogP contribution in [-0.2, 0) is 9.53 Å². The first kappa shape index (κ1) is 12.9. The van der Waals surface area contributed by atoms with Crippen molar-refractivity contribution in [3.63, 3.8) is 0 Å². The summed E-state index contributed by atoms with van der Waals surface area (Å²) < 4.78 is 5.07. The second kappa shape index (κ2) is 5.38. The maximum absolute atomic E-state index is 11.7. The number of H-pyrrole nitrogens is 1. The topological polar surface area (TPSA) is 55.0 Å². The van der Waals surface area contributed by atoms with Gasteiger partial charge in [-0.3, -0.25) is 9.89 Å². The number of hydrogen-bond acceptors (Lipinski definition) is 3. The molecule has 1 aliphatic rings. The fourth-order valence-electron chi connectivity index (χ4n) is 2.56. The van der Waals surface area contributed by atoms with E-state index in [0.29, 0.717) is 6.61 Å². The largest absolute Gasteiger partial charge is 0.466 e. The van der Waals surface area contributed by atoms with Gasteiger partial charge in [0.2, 0.25) is 0 Å². The highest BCUT2D eigenvalue weighted by Gasteiger charge is 2.24. The number of nitrogens with zero attached hydrogens (tertiary/aromatic N) is 1. The normalized spacial score (nSPS) is 19.5. The summed E-state index contributed by atoms with van der Waals surface area (Å²) in [4.78, 5) is 11.7. The average Bonchev–Trinajstić information content (AvgIpc) is 2.70. The molecule has 0 saturated heterocycles. The van der Waals surface area contributed by atoms with Gasteiger partial charge in [-0.15, -0.1) is 0 Å². The summed E-state index contributed by atoms with van der Waals surface area (Å²) in [6.45, 7) is 6.36. The van der Waals surface area contributed by atoms with Gasteiger partial charge in [0.1, 0.15) is 0 Å². The SMILES string of the molecule is CCOC(=O)C1CC=C(c2c(C)n[nH]c2C)CC1. The van der Waals surface area contributed by atoms with E-state index in [1.165, 1.54) is 11.1 Å².